The van der Waals surface area contributed by atoms with Crippen LogP contribution in [-0.4, -0.2) is 22.2 Å². The lowest BCUT2D eigenvalue weighted by atomic mass is 9.71. The highest BCUT2D eigenvalue weighted by molar-refractivity contribution is 5.72. The van der Waals surface area contributed by atoms with Crippen molar-refractivity contribution in [1.29, 1.82) is 0 Å². The standard InChI is InChI=1S/C10H22N2O2/c1-6(9(2,3)11)7(8(13)14)10(4,5)12/h6-7H,11-12H2,1-5H3,(H,13,14). The monoisotopic (exact) mass is 202 g/mol. The molecule has 0 amide bonds. The van der Waals surface area contributed by atoms with Gasteiger partial charge in [-0.1, -0.05) is 6.92 Å². The first-order chi connectivity index (χ1) is 5.98. The van der Waals surface area contributed by atoms with Gasteiger partial charge in [0.2, 0.25) is 0 Å². The van der Waals surface area contributed by atoms with Crippen LogP contribution in [0.3, 0.4) is 0 Å². The zero-order chi connectivity index (χ0) is 11.7. The molecule has 0 aromatic heterocycles. The largest absolute Gasteiger partial charge is 0.481 e. The van der Waals surface area contributed by atoms with Crippen LogP contribution >= 0.6 is 0 Å². The zero-order valence-electron chi connectivity index (χ0n) is 9.66. The molecule has 2 unspecified atom stereocenters. The third-order valence-electron chi connectivity index (χ3n) is 2.74. The molecule has 14 heavy (non-hydrogen) atoms. The Morgan fingerprint density at radius 3 is 1.57 bits per heavy atom. The highest BCUT2D eigenvalue weighted by atomic mass is 16.4. The van der Waals surface area contributed by atoms with E-state index in [1.165, 1.54) is 0 Å². The van der Waals surface area contributed by atoms with Gasteiger partial charge in [0, 0.05) is 11.1 Å². The molecule has 0 fully saturated rings. The lowest BCUT2D eigenvalue weighted by Gasteiger charge is -2.38. The Kier molecular flexibility index (Phi) is 3.70. The van der Waals surface area contributed by atoms with E-state index in [0.717, 1.165) is 0 Å². The van der Waals surface area contributed by atoms with Crippen molar-refractivity contribution < 1.29 is 9.90 Å². The van der Waals surface area contributed by atoms with E-state index in [-0.39, 0.29) is 5.92 Å². The second kappa shape index (κ2) is 3.87. The lowest BCUT2D eigenvalue weighted by molar-refractivity contribution is -0.147. The van der Waals surface area contributed by atoms with E-state index in [1.807, 2.05) is 20.8 Å². The highest BCUT2D eigenvalue weighted by Gasteiger charge is 2.41. The summed E-state index contributed by atoms with van der Waals surface area (Å²) in [6, 6.07) is 0. The smallest absolute Gasteiger partial charge is 0.308 e. The molecule has 0 saturated carbocycles. The fraction of sp³-hybridized carbons (Fsp3) is 0.900. The summed E-state index contributed by atoms with van der Waals surface area (Å²) in [5.74, 6) is -1.70. The van der Waals surface area contributed by atoms with Gasteiger partial charge in [-0.15, -0.1) is 0 Å². The summed E-state index contributed by atoms with van der Waals surface area (Å²) in [5.41, 5.74) is 10.4. The SMILES string of the molecule is CC(C(C(=O)O)C(C)(C)N)C(C)(C)N. The average Bonchev–Trinajstić information content (AvgIpc) is 1.79. The Hall–Kier alpha value is -0.610. The van der Waals surface area contributed by atoms with Crippen LogP contribution in [0.2, 0.25) is 0 Å². The Morgan fingerprint density at radius 1 is 1.14 bits per heavy atom. The molecule has 0 bridgehead atoms. The van der Waals surface area contributed by atoms with Crippen molar-refractivity contribution in [1.82, 2.24) is 0 Å². The van der Waals surface area contributed by atoms with Gasteiger partial charge >= 0.3 is 5.97 Å². The van der Waals surface area contributed by atoms with Gasteiger partial charge in [-0.05, 0) is 33.6 Å². The summed E-state index contributed by atoms with van der Waals surface area (Å²) in [4.78, 5) is 11.1. The number of carbonyl (C=O) groups is 1. The van der Waals surface area contributed by atoms with E-state index < -0.39 is 23.0 Å². The van der Waals surface area contributed by atoms with E-state index in [0.29, 0.717) is 0 Å². The molecule has 0 radical (unpaired) electrons. The van der Waals surface area contributed by atoms with Gasteiger partial charge in [0.15, 0.2) is 0 Å². The fourth-order valence-corrected chi connectivity index (χ4v) is 1.61. The van der Waals surface area contributed by atoms with E-state index >= 15 is 0 Å². The molecule has 2 atom stereocenters. The number of carboxylic acid groups (broad SMARTS) is 1. The van der Waals surface area contributed by atoms with Crippen LogP contribution in [0.5, 0.6) is 0 Å². The molecule has 0 aliphatic heterocycles. The molecule has 5 N–H and O–H groups in total. The molecule has 0 heterocycles. The first-order valence-electron chi connectivity index (χ1n) is 4.78. The van der Waals surface area contributed by atoms with Gasteiger partial charge in [0.25, 0.3) is 0 Å². The van der Waals surface area contributed by atoms with Crippen molar-refractivity contribution in [2.75, 3.05) is 0 Å². The number of aliphatic carboxylic acids is 1. The van der Waals surface area contributed by atoms with E-state index in [4.69, 9.17) is 16.6 Å². The Balaban J connectivity index is 4.96. The maximum absolute atomic E-state index is 11.1. The van der Waals surface area contributed by atoms with Gasteiger partial charge in [0.05, 0.1) is 5.92 Å². The van der Waals surface area contributed by atoms with Gasteiger partial charge in [-0.2, -0.15) is 0 Å². The predicted molar refractivity (Wildman–Crippen MR) is 56.8 cm³/mol. The van der Waals surface area contributed by atoms with Crippen LogP contribution in [0.15, 0.2) is 0 Å². The molecule has 0 saturated heterocycles. The molecule has 0 spiro atoms. The summed E-state index contributed by atoms with van der Waals surface area (Å²) in [6.45, 7) is 8.90. The summed E-state index contributed by atoms with van der Waals surface area (Å²) in [5, 5.41) is 9.11. The number of hydrogen-bond acceptors (Lipinski definition) is 3. The molecule has 0 aromatic carbocycles. The first-order valence-corrected chi connectivity index (χ1v) is 4.78. The fourth-order valence-electron chi connectivity index (χ4n) is 1.61. The molecule has 4 nitrogen and oxygen atoms in total. The van der Waals surface area contributed by atoms with Gasteiger partial charge in [-0.3, -0.25) is 4.79 Å². The van der Waals surface area contributed by atoms with Crippen molar-refractivity contribution in [3.8, 4) is 0 Å². The maximum atomic E-state index is 11.1. The number of nitrogens with two attached hydrogens (primary N) is 2. The van der Waals surface area contributed by atoms with Gasteiger partial charge in [-0.25, -0.2) is 0 Å². The summed E-state index contributed by atoms with van der Waals surface area (Å²) >= 11 is 0. The molecule has 84 valence electrons. The van der Waals surface area contributed by atoms with Crippen LogP contribution in [-0.2, 0) is 4.79 Å². The average molecular weight is 202 g/mol. The molecule has 0 aliphatic rings. The van der Waals surface area contributed by atoms with Gasteiger partial charge < -0.3 is 16.6 Å². The highest BCUT2D eigenvalue weighted by Crippen LogP contribution is 2.29. The van der Waals surface area contributed by atoms with Crippen LogP contribution in [0.1, 0.15) is 34.6 Å². The minimum atomic E-state index is -0.886. The predicted octanol–water partition coefficient (Wildman–Crippen LogP) is 0.798. The molecular weight excluding hydrogens is 180 g/mol. The Morgan fingerprint density at radius 2 is 1.50 bits per heavy atom. The summed E-state index contributed by atoms with van der Waals surface area (Å²) < 4.78 is 0. The van der Waals surface area contributed by atoms with Crippen molar-refractivity contribution in [3.63, 3.8) is 0 Å². The zero-order valence-corrected chi connectivity index (χ0v) is 9.66. The topological polar surface area (TPSA) is 89.3 Å². The first kappa shape index (κ1) is 13.4. The number of hydrogen-bond donors (Lipinski definition) is 3. The van der Waals surface area contributed by atoms with Crippen LogP contribution in [0.25, 0.3) is 0 Å². The molecule has 0 aliphatic carbocycles. The minimum Gasteiger partial charge on any atom is -0.481 e. The van der Waals surface area contributed by atoms with Crippen molar-refractivity contribution in [2.45, 2.75) is 45.7 Å². The normalized spacial score (nSPS) is 17.6. The molecule has 0 aromatic rings. The second-order valence-corrected chi connectivity index (χ2v) is 5.25. The third-order valence-corrected chi connectivity index (χ3v) is 2.74. The number of carboxylic acids is 1. The third kappa shape index (κ3) is 3.27. The molecule has 4 heteroatoms. The van der Waals surface area contributed by atoms with Crippen molar-refractivity contribution in [3.05, 3.63) is 0 Å². The van der Waals surface area contributed by atoms with Crippen LogP contribution in [0, 0.1) is 11.8 Å². The van der Waals surface area contributed by atoms with E-state index in [9.17, 15) is 4.79 Å². The summed E-state index contributed by atoms with van der Waals surface area (Å²) in [7, 11) is 0. The van der Waals surface area contributed by atoms with Crippen LogP contribution in [0.4, 0.5) is 0 Å². The Bertz CT molecular complexity index is 213. The lowest BCUT2D eigenvalue weighted by Crippen LogP contribution is -2.55. The van der Waals surface area contributed by atoms with Gasteiger partial charge in [0.1, 0.15) is 0 Å². The maximum Gasteiger partial charge on any atom is 0.308 e. The summed E-state index contributed by atoms with van der Waals surface area (Å²) in [6.07, 6.45) is 0. The van der Waals surface area contributed by atoms with Crippen LogP contribution < -0.4 is 11.5 Å². The van der Waals surface area contributed by atoms with Crippen molar-refractivity contribution in [2.24, 2.45) is 23.3 Å². The number of rotatable bonds is 4. The van der Waals surface area contributed by atoms with Crippen molar-refractivity contribution >= 4 is 5.97 Å². The second-order valence-electron chi connectivity index (χ2n) is 5.25. The molecule has 0 rings (SSSR count). The quantitative estimate of drug-likeness (QED) is 0.629. The molecular formula is C10H22N2O2. The van der Waals surface area contributed by atoms with E-state index in [1.54, 1.807) is 13.8 Å². The minimum absolute atomic E-state index is 0.181. The van der Waals surface area contributed by atoms with E-state index in [2.05, 4.69) is 0 Å². The Labute approximate surface area is 85.7 Å².